The highest BCUT2D eigenvalue weighted by Crippen LogP contribution is 2.47. The van der Waals surface area contributed by atoms with Gasteiger partial charge in [-0.15, -0.1) is 35.3 Å². The van der Waals surface area contributed by atoms with Crippen molar-refractivity contribution in [3.05, 3.63) is 318 Å². The minimum absolute atomic E-state index is 0.00338. The number of amides is 1. The van der Waals surface area contributed by atoms with Crippen molar-refractivity contribution in [1.29, 1.82) is 0 Å². The highest BCUT2D eigenvalue weighted by Gasteiger charge is 2.27. The molecule has 1 aliphatic rings. The van der Waals surface area contributed by atoms with Gasteiger partial charge < -0.3 is 43.2 Å². The summed E-state index contributed by atoms with van der Waals surface area (Å²) in [5.41, 5.74) is 34.2. The summed E-state index contributed by atoms with van der Waals surface area (Å²) < 4.78 is 4.69. The number of ether oxygens (including phenoxy) is 1. The molecule has 0 radical (unpaired) electrons. The zero-order valence-corrected chi connectivity index (χ0v) is 62.3. The number of carboxylic acids is 1. The maximum Gasteiger partial charge on any atom is 0.306 e. The number of esters is 1. The number of carbonyl (C=O) groups excluding carboxylic acids is 3. The van der Waals surface area contributed by atoms with Gasteiger partial charge in [-0.25, -0.2) is 0 Å². The Labute approximate surface area is 637 Å². The molecule has 11 N–H and O–H groups in total. The van der Waals surface area contributed by atoms with E-state index in [1.807, 2.05) is 97.1 Å². The van der Waals surface area contributed by atoms with Gasteiger partial charge in [-0.05, 0) is 161 Å². The fourth-order valence-corrected chi connectivity index (χ4v) is 15.7. The third kappa shape index (κ3) is 23.5. The Bertz CT molecular complexity index is 4470. The van der Waals surface area contributed by atoms with Crippen LogP contribution in [-0.2, 0) is 19.1 Å². The largest absolute Gasteiger partial charge is 0.481 e. The van der Waals surface area contributed by atoms with Gasteiger partial charge in [0.25, 0.3) is 0 Å². The molecule has 0 saturated carbocycles. The van der Waals surface area contributed by atoms with Crippen molar-refractivity contribution in [2.45, 2.75) is 34.7 Å². The second-order valence-corrected chi connectivity index (χ2v) is 29.0. The summed E-state index contributed by atoms with van der Waals surface area (Å²) in [6.07, 6.45) is -0.475. The third-order valence-electron chi connectivity index (χ3n) is 14.5. The van der Waals surface area contributed by atoms with Crippen molar-refractivity contribution in [1.82, 2.24) is 0 Å². The van der Waals surface area contributed by atoms with Crippen LogP contribution in [0, 0.1) is 0 Å². The lowest BCUT2D eigenvalue weighted by molar-refractivity contribution is -0.140. The molecule has 0 saturated heterocycles. The van der Waals surface area contributed by atoms with Gasteiger partial charge in [0.1, 0.15) is 6.10 Å². The zero-order valence-electron chi connectivity index (χ0n) is 52.3. The molecule has 10 aromatic carbocycles. The van der Waals surface area contributed by atoms with Gasteiger partial charge in [0.05, 0.1) is 46.5 Å². The number of hydrogen-bond donors (Lipinski definition) is 7. The number of carbonyl (C=O) groups is 4. The Kier molecular flexibility index (Phi) is 31.9. The monoisotopic (exact) mass is 1580 g/mol. The molecule has 0 aromatic heterocycles. The fourth-order valence-electron chi connectivity index (χ4n) is 9.65. The minimum Gasteiger partial charge on any atom is -0.481 e. The fraction of sp³-hybridized carbons (Fsp3) is 0.135. The standard InChI is InChI=1S/C17H17Cl2NO2S.C16H15Cl2NO2S.C15H11Cl2NOS.C13H11Cl2NO.C13H9Cl2NO/c1-22-16(21)8-9-23-17(12-4-2-3-5-14(12)19)13-10-11(18)6-7-15(13)20;17-10-5-6-14(19)12(9-10)16(22-8-7-15(20)21)11-3-1-2-4-13(11)18;16-9-5-6-13-11(7-9)15(20-8-14(19)18-13)10-3-1-2-4-12(10)17;2*14-8-5-6-12(16)10(7-8)13(17)9-3-1-2-4-11(9)15/h2-7,10,17H,8-9,20H2,1H3;1-6,9,16H,7-8,19H2,(H,20,21);1-7,15H,8H2,(H,18,19);1-7,13,17H,16H2;1-7H,16H2. The lowest BCUT2D eigenvalue weighted by Gasteiger charge is -2.20. The number of anilines is 5. The number of thioether (sulfide) groups is 3. The summed E-state index contributed by atoms with van der Waals surface area (Å²) in [5.74, 6) is 0.135. The molecule has 0 aliphatic carbocycles. The predicted molar refractivity (Wildman–Crippen MR) is 420 cm³/mol. The van der Waals surface area contributed by atoms with Crippen LogP contribution < -0.4 is 28.3 Å². The van der Waals surface area contributed by atoms with E-state index in [-0.39, 0.29) is 39.8 Å². The van der Waals surface area contributed by atoms with Crippen LogP contribution in [0.3, 0.4) is 0 Å². The molecule has 10 aromatic rings. The van der Waals surface area contributed by atoms with Crippen molar-refractivity contribution < 1.29 is 34.1 Å². The van der Waals surface area contributed by atoms with Gasteiger partial charge >= 0.3 is 11.9 Å². The number of nitrogen functional groups attached to an aromatic ring is 4. The number of aliphatic hydroxyl groups excluding tert-OH is 1. The number of aliphatic hydroxyl groups is 1. The van der Waals surface area contributed by atoms with Crippen molar-refractivity contribution in [3.63, 3.8) is 0 Å². The van der Waals surface area contributed by atoms with Crippen LogP contribution >= 0.6 is 151 Å². The van der Waals surface area contributed by atoms with E-state index < -0.39 is 12.1 Å². The van der Waals surface area contributed by atoms with Gasteiger partial charge in [0.15, 0.2) is 5.78 Å². The Hall–Kier alpha value is -6.61. The molecule has 514 valence electrons. The average Bonchev–Trinajstić information content (AvgIpc) is 1.81. The van der Waals surface area contributed by atoms with E-state index in [1.165, 1.54) is 18.9 Å². The van der Waals surface area contributed by atoms with Crippen LogP contribution in [0.1, 0.15) is 95.1 Å². The lowest BCUT2D eigenvalue weighted by Crippen LogP contribution is -2.12. The molecule has 11 rings (SSSR count). The molecule has 1 aliphatic heterocycles. The summed E-state index contributed by atoms with van der Waals surface area (Å²) in [5, 5.41) is 27.4. The lowest BCUT2D eigenvalue weighted by atomic mass is 10.00. The molecular formula is C74H63Cl10N5O7S3. The highest BCUT2D eigenvalue weighted by atomic mass is 35.5. The second kappa shape index (κ2) is 39.6. The number of halogens is 10. The SMILES string of the molecule is COC(=O)CCSC(c1cc(Cl)ccc1N)c1ccccc1Cl.Nc1ccc(Cl)cc1C(=O)c1ccccc1Cl.Nc1ccc(Cl)cc1C(O)c1ccccc1Cl.Nc1ccc(Cl)cc1C(SCCC(=O)O)c1ccccc1Cl.O=C1CSC(c2ccccc2Cl)c2cc(Cl)ccc2N1. The maximum atomic E-state index is 12.2. The zero-order chi connectivity index (χ0) is 71.9. The Morgan fingerprint density at radius 3 is 1.38 bits per heavy atom. The number of rotatable bonds is 17. The number of methoxy groups -OCH3 is 1. The summed E-state index contributed by atoms with van der Waals surface area (Å²) in [6.45, 7) is 0. The quantitative estimate of drug-likeness (QED) is 0.0255. The van der Waals surface area contributed by atoms with Crippen LogP contribution in [0.25, 0.3) is 0 Å². The predicted octanol–water partition coefficient (Wildman–Crippen LogP) is 22.1. The van der Waals surface area contributed by atoms with Crippen LogP contribution in [0.2, 0.25) is 50.2 Å². The molecule has 0 spiro atoms. The molecular weight excluding hydrogens is 1520 g/mol. The van der Waals surface area contributed by atoms with Gasteiger partial charge in [-0.1, -0.05) is 201 Å². The first-order valence-corrected chi connectivity index (χ1v) is 36.7. The van der Waals surface area contributed by atoms with Crippen molar-refractivity contribution in [3.8, 4) is 0 Å². The molecule has 25 heteroatoms. The minimum atomic E-state index is -0.873. The van der Waals surface area contributed by atoms with E-state index in [1.54, 1.807) is 139 Å². The van der Waals surface area contributed by atoms with Crippen LogP contribution in [0.15, 0.2) is 212 Å². The number of benzene rings is 10. The third-order valence-corrected chi connectivity index (χ3v) is 21.2. The number of nitrogens with one attached hydrogen (secondary N) is 1. The number of hydrogen-bond acceptors (Lipinski definition) is 13. The van der Waals surface area contributed by atoms with Crippen molar-refractivity contribution in [2.75, 3.05) is 52.6 Å². The average molecular weight is 1590 g/mol. The first kappa shape index (κ1) is 79.7. The van der Waals surface area contributed by atoms with Crippen molar-refractivity contribution in [2.24, 2.45) is 0 Å². The Balaban J connectivity index is 0.000000175. The molecule has 1 heterocycles. The molecule has 1 amide bonds. The van der Waals surface area contributed by atoms with E-state index in [9.17, 15) is 24.3 Å². The number of fused-ring (bicyclic) bond motifs is 1. The molecule has 0 fully saturated rings. The highest BCUT2D eigenvalue weighted by molar-refractivity contribution is 8.00. The molecule has 4 atom stereocenters. The van der Waals surface area contributed by atoms with Gasteiger partial charge in [0.2, 0.25) is 5.91 Å². The summed E-state index contributed by atoms with van der Waals surface area (Å²) in [4.78, 5) is 46.1. The first-order valence-electron chi connectivity index (χ1n) is 29.7. The molecule has 0 bridgehead atoms. The van der Waals surface area contributed by atoms with E-state index in [0.29, 0.717) is 119 Å². The summed E-state index contributed by atoms with van der Waals surface area (Å²) >= 11 is 65.6. The maximum absolute atomic E-state index is 12.2. The van der Waals surface area contributed by atoms with E-state index in [0.717, 1.165) is 39.1 Å². The Morgan fingerprint density at radius 2 is 0.889 bits per heavy atom. The van der Waals surface area contributed by atoms with Gasteiger partial charge in [-0.2, -0.15) is 0 Å². The number of ketones is 1. The van der Waals surface area contributed by atoms with Gasteiger partial charge in [0, 0.05) is 107 Å². The molecule has 4 unspecified atom stereocenters. The Morgan fingerprint density at radius 1 is 0.475 bits per heavy atom. The second-order valence-electron chi connectivity index (χ2n) is 21.3. The number of nitrogens with two attached hydrogens (primary N) is 4. The first-order chi connectivity index (χ1) is 47.3. The van der Waals surface area contributed by atoms with Crippen LogP contribution in [0.5, 0.6) is 0 Å². The van der Waals surface area contributed by atoms with E-state index >= 15 is 0 Å². The van der Waals surface area contributed by atoms with E-state index in [2.05, 4.69) is 10.1 Å². The van der Waals surface area contributed by atoms with Crippen LogP contribution in [-0.4, -0.2) is 58.2 Å². The number of carboxylic acid groups (broad SMARTS) is 1. The summed E-state index contributed by atoms with van der Waals surface area (Å²) in [6, 6.07) is 62.6. The molecule has 12 nitrogen and oxygen atoms in total. The summed E-state index contributed by atoms with van der Waals surface area (Å²) in [7, 11) is 1.38. The normalized spacial score (nSPS) is 13.0. The van der Waals surface area contributed by atoms with E-state index in [4.69, 9.17) is 144 Å². The topological polar surface area (TPSA) is 234 Å². The van der Waals surface area contributed by atoms with Gasteiger partial charge in [-0.3, -0.25) is 19.2 Å². The molecule has 99 heavy (non-hydrogen) atoms. The smallest absolute Gasteiger partial charge is 0.306 e. The van der Waals surface area contributed by atoms with Crippen LogP contribution in [0.4, 0.5) is 28.4 Å². The van der Waals surface area contributed by atoms with Crippen molar-refractivity contribution >= 4 is 203 Å². The number of aliphatic carboxylic acids is 1.